The molecule has 1 aromatic carbocycles. The number of ether oxygens (including phenoxy) is 1. The van der Waals surface area contributed by atoms with Gasteiger partial charge in [-0.2, -0.15) is 5.10 Å². The minimum atomic E-state index is -0.0555. The topological polar surface area (TPSA) is 67.0 Å². The molecule has 0 saturated heterocycles. The maximum atomic E-state index is 12.5. The van der Waals surface area contributed by atoms with Crippen LogP contribution in [0.2, 0.25) is 0 Å². The van der Waals surface area contributed by atoms with E-state index in [1.165, 1.54) is 31.2 Å². The Hall–Kier alpha value is -2.30. The van der Waals surface area contributed by atoms with E-state index in [1.807, 2.05) is 12.1 Å². The van der Waals surface area contributed by atoms with Gasteiger partial charge in [-0.3, -0.25) is 9.89 Å². The number of carbonyl (C=O) groups excluding carboxylic acids is 1. The lowest BCUT2D eigenvalue weighted by Gasteiger charge is -2.55. The first-order chi connectivity index (χ1) is 11.8. The van der Waals surface area contributed by atoms with E-state index in [1.54, 1.807) is 19.4 Å². The van der Waals surface area contributed by atoms with Crippen LogP contribution in [-0.2, 0) is 0 Å². The van der Waals surface area contributed by atoms with Crippen molar-refractivity contribution in [3.63, 3.8) is 0 Å². The molecule has 2 fully saturated rings. The number of hydrogen-bond donors (Lipinski definition) is 2. The lowest BCUT2D eigenvalue weighted by molar-refractivity contribution is 0.0250. The summed E-state index contributed by atoms with van der Waals surface area (Å²) in [5, 5.41) is 9.88. The molecule has 0 aliphatic heterocycles. The third-order valence-electron chi connectivity index (χ3n) is 5.73. The maximum Gasteiger partial charge on any atom is 0.269 e. The van der Waals surface area contributed by atoms with Crippen molar-refractivity contribution in [3.8, 4) is 5.75 Å². The SMILES string of the molecule is COc1ccc([C@H]2[C@@H]3CCCC[C@@H]3[C@@H]2NC(=O)c2ccn[nH]2)cc1. The van der Waals surface area contributed by atoms with Gasteiger partial charge < -0.3 is 10.1 Å². The predicted octanol–water partition coefficient (Wildman–Crippen LogP) is 3.12. The number of amides is 1. The molecule has 4 atom stereocenters. The van der Waals surface area contributed by atoms with Crippen LogP contribution in [0.15, 0.2) is 36.5 Å². The predicted molar refractivity (Wildman–Crippen MR) is 91.0 cm³/mol. The molecule has 0 radical (unpaired) electrons. The third kappa shape index (κ3) is 2.58. The van der Waals surface area contributed by atoms with E-state index >= 15 is 0 Å². The van der Waals surface area contributed by atoms with Gasteiger partial charge in [0, 0.05) is 18.2 Å². The molecular weight excluding hydrogens is 302 g/mol. The van der Waals surface area contributed by atoms with Crippen molar-refractivity contribution < 1.29 is 9.53 Å². The average molecular weight is 325 g/mol. The fourth-order valence-electron chi connectivity index (χ4n) is 4.56. The number of methoxy groups -OCH3 is 1. The second-order valence-corrected chi connectivity index (χ2v) is 6.88. The van der Waals surface area contributed by atoms with E-state index in [0.29, 0.717) is 23.4 Å². The van der Waals surface area contributed by atoms with Gasteiger partial charge in [0.1, 0.15) is 11.4 Å². The number of hydrogen-bond acceptors (Lipinski definition) is 3. The highest BCUT2D eigenvalue weighted by molar-refractivity contribution is 5.92. The van der Waals surface area contributed by atoms with Crippen LogP contribution in [-0.4, -0.2) is 29.3 Å². The summed E-state index contributed by atoms with van der Waals surface area (Å²) in [6.07, 6.45) is 6.66. The molecule has 2 aliphatic carbocycles. The molecule has 0 spiro atoms. The van der Waals surface area contributed by atoms with Crippen LogP contribution >= 0.6 is 0 Å². The molecule has 2 saturated carbocycles. The number of fused-ring (bicyclic) bond motifs is 1. The van der Waals surface area contributed by atoms with Gasteiger partial charge in [0.15, 0.2) is 0 Å². The van der Waals surface area contributed by atoms with Crippen molar-refractivity contribution in [1.29, 1.82) is 0 Å². The lowest BCUT2D eigenvalue weighted by Crippen LogP contribution is -2.59. The summed E-state index contributed by atoms with van der Waals surface area (Å²) >= 11 is 0. The molecule has 24 heavy (non-hydrogen) atoms. The summed E-state index contributed by atoms with van der Waals surface area (Å²) < 4.78 is 5.27. The summed E-state index contributed by atoms with van der Waals surface area (Å²) in [7, 11) is 1.68. The molecule has 5 nitrogen and oxygen atoms in total. The molecule has 0 unspecified atom stereocenters. The van der Waals surface area contributed by atoms with Crippen LogP contribution in [0, 0.1) is 11.8 Å². The number of nitrogens with one attached hydrogen (secondary N) is 2. The van der Waals surface area contributed by atoms with E-state index in [0.717, 1.165) is 5.75 Å². The number of H-pyrrole nitrogens is 1. The van der Waals surface area contributed by atoms with Gasteiger partial charge in [0.2, 0.25) is 0 Å². The molecular formula is C19H23N3O2. The Labute approximate surface area is 141 Å². The molecule has 2 N–H and O–H groups in total. The fraction of sp³-hybridized carbons (Fsp3) is 0.474. The Kier molecular flexibility index (Phi) is 4.00. The van der Waals surface area contributed by atoms with Gasteiger partial charge in [-0.1, -0.05) is 25.0 Å². The summed E-state index contributed by atoms with van der Waals surface area (Å²) in [6, 6.07) is 10.2. The number of nitrogens with zero attached hydrogens (tertiary/aromatic N) is 1. The van der Waals surface area contributed by atoms with Gasteiger partial charge in [0.05, 0.1) is 7.11 Å². The molecule has 4 rings (SSSR count). The minimum Gasteiger partial charge on any atom is -0.497 e. The molecule has 2 aromatic rings. The highest BCUT2D eigenvalue weighted by Gasteiger charge is 2.51. The zero-order valence-corrected chi connectivity index (χ0v) is 13.9. The Bertz CT molecular complexity index is 696. The zero-order valence-electron chi connectivity index (χ0n) is 13.9. The van der Waals surface area contributed by atoms with Crippen LogP contribution in [0.4, 0.5) is 0 Å². The number of benzene rings is 1. The first-order valence-corrected chi connectivity index (χ1v) is 8.72. The highest BCUT2D eigenvalue weighted by Crippen LogP contribution is 2.54. The van der Waals surface area contributed by atoms with Crippen LogP contribution in [0.3, 0.4) is 0 Å². The standard InChI is InChI=1S/C19H23N3O2/c1-24-13-8-6-12(7-9-13)17-14-4-2-3-5-15(14)18(17)21-19(23)16-10-11-20-22-16/h6-11,14-15,17-18H,2-5H2,1H3,(H,20,22)(H,21,23)/t14-,15+,17+,18+/m1/s1. The van der Waals surface area contributed by atoms with Gasteiger partial charge >= 0.3 is 0 Å². The van der Waals surface area contributed by atoms with Crippen molar-refractivity contribution in [2.24, 2.45) is 11.8 Å². The number of aromatic nitrogens is 2. The zero-order chi connectivity index (χ0) is 16.5. The second kappa shape index (κ2) is 6.30. The molecule has 126 valence electrons. The highest BCUT2D eigenvalue weighted by atomic mass is 16.5. The third-order valence-corrected chi connectivity index (χ3v) is 5.73. The Morgan fingerprint density at radius 1 is 1.17 bits per heavy atom. The number of aromatic amines is 1. The molecule has 1 aromatic heterocycles. The molecule has 1 heterocycles. The van der Waals surface area contributed by atoms with E-state index in [2.05, 4.69) is 27.6 Å². The van der Waals surface area contributed by atoms with Crippen molar-refractivity contribution in [1.82, 2.24) is 15.5 Å². The quantitative estimate of drug-likeness (QED) is 0.907. The Morgan fingerprint density at radius 2 is 1.92 bits per heavy atom. The molecule has 5 heteroatoms. The summed E-state index contributed by atoms with van der Waals surface area (Å²) in [4.78, 5) is 12.5. The first-order valence-electron chi connectivity index (χ1n) is 8.72. The normalized spacial score (nSPS) is 28.5. The summed E-state index contributed by atoms with van der Waals surface area (Å²) in [5.74, 6) is 2.49. The van der Waals surface area contributed by atoms with Crippen molar-refractivity contribution >= 4 is 5.91 Å². The lowest BCUT2D eigenvalue weighted by atomic mass is 9.53. The van der Waals surface area contributed by atoms with Crippen LogP contribution in [0.5, 0.6) is 5.75 Å². The molecule has 1 amide bonds. The smallest absolute Gasteiger partial charge is 0.269 e. The second-order valence-electron chi connectivity index (χ2n) is 6.88. The van der Waals surface area contributed by atoms with Crippen molar-refractivity contribution in [2.45, 2.75) is 37.6 Å². The largest absolute Gasteiger partial charge is 0.497 e. The summed E-state index contributed by atoms with van der Waals surface area (Å²) in [5.41, 5.74) is 1.83. The molecule has 2 aliphatic rings. The monoisotopic (exact) mass is 325 g/mol. The van der Waals surface area contributed by atoms with E-state index in [9.17, 15) is 4.79 Å². The fourth-order valence-corrected chi connectivity index (χ4v) is 4.56. The van der Waals surface area contributed by atoms with Crippen LogP contribution in [0.1, 0.15) is 47.7 Å². The maximum absolute atomic E-state index is 12.5. The van der Waals surface area contributed by atoms with Gasteiger partial charge in [-0.15, -0.1) is 0 Å². The summed E-state index contributed by atoms with van der Waals surface area (Å²) in [6.45, 7) is 0. The van der Waals surface area contributed by atoms with E-state index in [-0.39, 0.29) is 11.9 Å². The number of rotatable bonds is 4. The van der Waals surface area contributed by atoms with Crippen LogP contribution in [0.25, 0.3) is 0 Å². The molecule has 0 bridgehead atoms. The van der Waals surface area contributed by atoms with Gasteiger partial charge in [-0.25, -0.2) is 0 Å². The average Bonchev–Trinajstić information content (AvgIpc) is 3.15. The first kappa shape index (κ1) is 15.2. The van der Waals surface area contributed by atoms with E-state index in [4.69, 9.17) is 4.74 Å². The van der Waals surface area contributed by atoms with Crippen molar-refractivity contribution in [2.75, 3.05) is 7.11 Å². The van der Waals surface area contributed by atoms with Gasteiger partial charge in [-0.05, 0) is 48.4 Å². The minimum absolute atomic E-state index is 0.0555. The number of carbonyl (C=O) groups is 1. The Balaban J connectivity index is 1.56. The van der Waals surface area contributed by atoms with Gasteiger partial charge in [0.25, 0.3) is 5.91 Å². The Morgan fingerprint density at radius 3 is 2.58 bits per heavy atom. The van der Waals surface area contributed by atoms with E-state index < -0.39 is 0 Å². The van der Waals surface area contributed by atoms with Crippen molar-refractivity contribution in [3.05, 3.63) is 47.8 Å². The van der Waals surface area contributed by atoms with Crippen LogP contribution < -0.4 is 10.1 Å².